The highest BCUT2D eigenvalue weighted by Gasteiger charge is 2.07. The highest BCUT2D eigenvalue weighted by Crippen LogP contribution is 2.16. The summed E-state index contributed by atoms with van der Waals surface area (Å²) in [5, 5.41) is 13.0. The molecule has 0 bridgehead atoms. The molecule has 2 rings (SSSR count). The van der Waals surface area contributed by atoms with Crippen molar-refractivity contribution in [3.05, 3.63) is 52.1 Å². The lowest BCUT2D eigenvalue weighted by Crippen LogP contribution is -2.25. The summed E-state index contributed by atoms with van der Waals surface area (Å²) >= 11 is 1.32. The Kier molecular flexibility index (Phi) is 4.73. The molecule has 6 heteroatoms. The van der Waals surface area contributed by atoms with Crippen LogP contribution in [0.25, 0.3) is 6.08 Å². The fraction of sp³-hybridized carbons (Fsp3) is 0.143. The van der Waals surface area contributed by atoms with Crippen molar-refractivity contribution in [3.8, 4) is 0 Å². The molecule has 0 saturated carbocycles. The number of amides is 1. The average Bonchev–Trinajstić information content (AvgIpc) is 3.07. The van der Waals surface area contributed by atoms with E-state index in [0.717, 1.165) is 16.7 Å². The van der Waals surface area contributed by atoms with E-state index in [-0.39, 0.29) is 5.91 Å². The molecular weight excluding hydrogens is 278 g/mol. The first-order valence-electron chi connectivity index (χ1n) is 5.95. The third-order valence-corrected chi connectivity index (χ3v) is 3.41. The van der Waals surface area contributed by atoms with Gasteiger partial charge in [0, 0.05) is 29.3 Å². The van der Waals surface area contributed by atoms with Crippen LogP contribution in [0.2, 0.25) is 0 Å². The number of furan rings is 1. The van der Waals surface area contributed by atoms with E-state index >= 15 is 0 Å². The van der Waals surface area contributed by atoms with Crippen molar-refractivity contribution in [3.63, 3.8) is 0 Å². The number of hydrogen-bond acceptors (Lipinski definition) is 4. The van der Waals surface area contributed by atoms with Gasteiger partial charge in [0.15, 0.2) is 0 Å². The summed E-state index contributed by atoms with van der Waals surface area (Å²) in [4.78, 5) is 23.0. The van der Waals surface area contributed by atoms with Crippen LogP contribution < -0.4 is 5.32 Å². The Bertz CT molecular complexity index is 613. The van der Waals surface area contributed by atoms with E-state index in [0.29, 0.717) is 18.5 Å². The molecule has 2 N–H and O–H groups in total. The van der Waals surface area contributed by atoms with Crippen LogP contribution in [-0.2, 0) is 11.2 Å². The normalized spacial score (nSPS) is 10.8. The molecule has 1 amide bonds. The summed E-state index contributed by atoms with van der Waals surface area (Å²) in [5.41, 5.74) is 0.527. The third kappa shape index (κ3) is 4.10. The van der Waals surface area contributed by atoms with Crippen LogP contribution in [0, 0.1) is 0 Å². The second-order valence-corrected chi connectivity index (χ2v) is 4.94. The first-order valence-corrected chi connectivity index (χ1v) is 6.83. The molecule has 0 saturated heterocycles. The van der Waals surface area contributed by atoms with Crippen LogP contribution in [-0.4, -0.2) is 23.5 Å². The van der Waals surface area contributed by atoms with Gasteiger partial charge in [-0.1, -0.05) is 0 Å². The Labute approximate surface area is 119 Å². The summed E-state index contributed by atoms with van der Waals surface area (Å²) in [7, 11) is 0. The van der Waals surface area contributed by atoms with Crippen LogP contribution in [0.5, 0.6) is 0 Å². The van der Waals surface area contributed by atoms with E-state index in [1.165, 1.54) is 17.4 Å². The number of carbonyl (C=O) groups excluding carboxylic acids is 1. The van der Waals surface area contributed by atoms with E-state index < -0.39 is 5.97 Å². The maximum Gasteiger partial charge on any atom is 0.328 e. The van der Waals surface area contributed by atoms with Gasteiger partial charge in [-0.05, 0) is 24.3 Å². The Morgan fingerprint density at radius 1 is 1.45 bits per heavy atom. The topological polar surface area (TPSA) is 79.5 Å². The zero-order valence-electron chi connectivity index (χ0n) is 10.5. The molecule has 0 fully saturated rings. The fourth-order valence-electron chi connectivity index (χ4n) is 1.57. The molecule has 0 unspecified atom stereocenters. The quantitative estimate of drug-likeness (QED) is 0.801. The number of hydrogen-bond donors (Lipinski definition) is 2. The van der Waals surface area contributed by atoms with Crippen molar-refractivity contribution in [2.24, 2.45) is 0 Å². The van der Waals surface area contributed by atoms with Crippen molar-refractivity contribution in [2.45, 2.75) is 6.42 Å². The lowest BCUT2D eigenvalue weighted by atomic mass is 10.2. The molecule has 2 heterocycles. The second kappa shape index (κ2) is 6.72. The van der Waals surface area contributed by atoms with Crippen molar-refractivity contribution in [1.29, 1.82) is 0 Å². The maximum atomic E-state index is 11.8. The van der Waals surface area contributed by atoms with Crippen LogP contribution in [0.15, 0.2) is 40.3 Å². The predicted molar refractivity (Wildman–Crippen MR) is 75.7 cm³/mol. The lowest BCUT2D eigenvalue weighted by Gasteiger charge is -2.01. The molecule has 20 heavy (non-hydrogen) atoms. The van der Waals surface area contributed by atoms with E-state index in [9.17, 15) is 9.59 Å². The largest absolute Gasteiger partial charge is 0.478 e. The summed E-state index contributed by atoms with van der Waals surface area (Å²) < 4.78 is 5.17. The highest BCUT2D eigenvalue weighted by molar-refractivity contribution is 7.11. The summed E-state index contributed by atoms with van der Waals surface area (Å²) in [5.74, 6) is -0.369. The number of thiophene rings is 1. The van der Waals surface area contributed by atoms with Gasteiger partial charge in [0.1, 0.15) is 5.76 Å². The molecule has 0 aromatic carbocycles. The van der Waals surface area contributed by atoms with Gasteiger partial charge in [0.25, 0.3) is 5.91 Å². The molecule has 2 aromatic heterocycles. The summed E-state index contributed by atoms with van der Waals surface area (Å²) in [6, 6.07) is 5.31. The standard InChI is InChI=1S/C14H13NO4S/c16-13(17)4-3-12-8-10(9-20-12)14(18)15-6-5-11-2-1-7-19-11/h1-4,7-9H,5-6H2,(H,15,18)(H,16,17). The molecule has 0 spiro atoms. The van der Waals surface area contributed by atoms with Crippen molar-refractivity contribution >= 4 is 29.3 Å². The lowest BCUT2D eigenvalue weighted by molar-refractivity contribution is -0.131. The minimum atomic E-state index is -1.01. The number of rotatable bonds is 6. The van der Waals surface area contributed by atoms with E-state index in [1.54, 1.807) is 23.8 Å². The first-order chi connectivity index (χ1) is 9.65. The van der Waals surface area contributed by atoms with Crippen molar-refractivity contribution in [2.75, 3.05) is 6.54 Å². The molecule has 0 atom stereocenters. The Morgan fingerprint density at radius 3 is 3.00 bits per heavy atom. The van der Waals surface area contributed by atoms with Crippen molar-refractivity contribution < 1.29 is 19.1 Å². The minimum absolute atomic E-state index is 0.178. The summed E-state index contributed by atoms with van der Waals surface area (Å²) in [6.45, 7) is 0.489. The molecule has 104 valence electrons. The molecule has 5 nitrogen and oxygen atoms in total. The Balaban J connectivity index is 1.84. The molecule has 0 aliphatic rings. The van der Waals surface area contributed by atoms with Gasteiger partial charge in [0.05, 0.1) is 11.8 Å². The van der Waals surface area contributed by atoms with E-state index in [2.05, 4.69) is 5.32 Å². The predicted octanol–water partition coefficient (Wildman–Crippen LogP) is 2.41. The number of carboxylic acids is 1. The number of nitrogens with one attached hydrogen (secondary N) is 1. The zero-order valence-corrected chi connectivity index (χ0v) is 11.4. The number of aliphatic carboxylic acids is 1. The van der Waals surface area contributed by atoms with Gasteiger partial charge < -0.3 is 14.8 Å². The fourth-order valence-corrected chi connectivity index (χ4v) is 2.35. The molecular formula is C14H13NO4S. The van der Waals surface area contributed by atoms with Gasteiger partial charge >= 0.3 is 5.97 Å². The van der Waals surface area contributed by atoms with Gasteiger partial charge in [-0.15, -0.1) is 11.3 Å². The van der Waals surface area contributed by atoms with Gasteiger partial charge in [-0.3, -0.25) is 4.79 Å². The van der Waals surface area contributed by atoms with E-state index in [1.807, 2.05) is 6.07 Å². The first kappa shape index (κ1) is 14.1. The second-order valence-electron chi connectivity index (χ2n) is 3.99. The van der Waals surface area contributed by atoms with Gasteiger partial charge in [-0.2, -0.15) is 0 Å². The Hall–Kier alpha value is -2.34. The smallest absolute Gasteiger partial charge is 0.328 e. The molecule has 0 aliphatic carbocycles. The average molecular weight is 291 g/mol. The van der Waals surface area contributed by atoms with Crippen LogP contribution >= 0.6 is 11.3 Å². The number of carbonyl (C=O) groups is 2. The molecule has 0 aliphatic heterocycles. The molecule has 2 aromatic rings. The highest BCUT2D eigenvalue weighted by atomic mass is 32.1. The van der Waals surface area contributed by atoms with Crippen molar-refractivity contribution in [1.82, 2.24) is 5.32 Å². The number of carboxylic acid groups (broad SMARTS) is 1. The Morgan fingerprint density at radius 2 is 2.30 bits per heavy atom. The van der Waals surface area contributed by atoms with Gasteiger partial charge in [0.2, 0.25) is 0 Å². The zero-order chi connectivity index (χ0) is 14.4. The van der Waals surface area contributed by atoms with Gasteiger partial charge in [-0.25, -0.2) is 4.79 Å². The van der Waals surface area contributed by atoms with Crippen LogP contribution in [0.1, 0.15) is 21.0 Å². The molecule has 0 radical (unpaired) electrons. The van der Waals surface area contributed by atoms with E-state index in [4.69, 9.17) is 9.52 Å². The van der Waals surface area contributed by atoms with Crippen LogP contribution in [0.4, 0.5) is 0 Å². The summed E-state index contributed by atoms with van der Waals surface area (Å²) in [6.07, 6.45) is 4.74. The minimum Gasteiger partial charge on any atom is -0.478 e. The maximum absolute atomic E-state index is 11.8. The SMILES string of the molecule is O=C(O)C=Cc1cc(C(=O)NCCc2ccco2)cs1. The third-order valence-electron chi connectivity index (χ3n) is 2.51. The van der Waals surface area contributed by atoms with Crippen LogP contribution in [0.3, 0.4) is 0 Å². The monoisotopic (exact) mass is 291 g/mol.